The van der Waals surface area contributed by atoms with Gasteiger partial charge < -0.3 is 5.73 Å². The molecule has 1 aromatic rings. The van der Waals surface area contributed by atoms with Crippen LogP contribution in [0.25, 0.3) is 0 Å². The van der Waals surface area contributed by atoms with Crippen LogP contribution in [-0.2, 0) is 10.8 Å². The van der Waals surface area contributed by atoms with Gasteiger partial charge in [0.25, 0.3) is 0 Å². The lowest BCUT2D eigenvalue weighted by molar-refractivity contribution is 0.511. The van der Waals surface area contributed by atoms with Gasteiger partial charge in [-0.15, -0.1) is 0 Å². The first-order chi connectivity index (χ1) is 8.02. The zero-order valence-electron chi connectivity index (χ0n) is 10.7. The normalized spacial score (nSPS) is 30.1. The Morgan fingerprint density at radius 2 is 1.88 bits per heavy atom. The number of hydrogen-bond acceptors (Lipinski definition) is 2. The molecule has 17 heavy (non-hydrogen) atoms. The molecule has 94 valence electrons. The van der Waals surface area contributed by atoms with Crippen LogP contribution < -0.4 is 5.73 Å². The molecule has 1 aliphatic carbocycles. The summed E-state index contributed by atoms with van der Waals surface area (Å²) in [6.07, 6.45) is 0.934. The molecule has 1 aliphatic rings. The Labute approximate surface area is 106 Å². The van der Waals surface area contributed by atoms with Crippen molar-refractivity contribution in [3.05, 3.63) is 35.4 Å². The summed E-state index contributed by atoms with van der Waals surface area (Å²) in [5, 5.41) is 0.281. The van der Waals surface area contributed by atoms with Crippen LogP contribution >= 0.6 is 0 Å². The molecule has 2 nitrogen and oxygen atoms in total. The maximum absolute atomic E-state index is 12.3. The van der Waals surface area contributed by atoms with Gasteiger partial charge in [-0.2, -0.15) is 0 Å². The summed E-state index contributed by atoms with van der Waals surface area (Å²) in [6.45, 7) is 6.22. The van der Waals surface area contributed by atoms with Gasteiger partial charge in [0.2, 0.25) is 0 Å². The highest BCUT2D eigenvalue weighted by molar-refractivity contribution is 7.86. The van der Waals surface area contributed by atoms with Crippen molar-refractivity contribution in [2.45, 2.75) is 49.7 Å². The van der Waals surface area contributed by atoms with E-state index in [1.54, 1.807) is 0 Å². The Morgan fingerprint density at radius 3 is 2.47 bits per heavy atom. The van der Waals surface area contributed by atoms with Gasteiger partial charge in [-0.1, -0.05) is 45.0 Å². The van der Waals surface area contributed by atoms with Crippen molar-refractivity contribution in [1.82, 2.24) is 0 Å². The van der Waals surface area contributed by atoms with Gasteiger partial charge in [0.15, 0.2) is 0 Å². The molecule has 0 amide bonds. The zero-order valence-corrected chi connectivity index (χ0v) is 11.5. The molecular formula is C14H21NOS. The standard InChI is InChI=1S/C14H21NOS/c1-9(2)17(16)13-8-10(3)11-6-4-5-7-12(11)14(13)15/h4-7,9-10,13-14H,8,15H2,1-3H3. The van der Waals surface area contributed by atoms with Gasteiger partial charge in [0.1, 0.15) is 0 Å². The lowest BCUT2D eigenvalue weighted by atomic mass is 9.81. The van der Waals surface area contributed by atoms with Crippen LogP contribution in [0.3, 0.4) is 0 Å². The molecule has 0 aliphatic heterocycles. The third kappa shape index (κ3) is 2.31. The maximum atomic E-state index is 12.3. The first kappa shape index (κ1) is 12.8. The second-order valence-corrected chi connectivity index (χ2v) is 7.41. The fourth-order valence-electron chi connectivity index (χ4n) is 2.67. The Balaban J connectivity index is 2.36. The monoisotopic (exact) mass is 251 g/mol. The van der Waals surface area contributed by atoms with Crippen molar-refractivity contribution >= 4 is 10.8 Å². The van der Waals surface area contributed by atoms with Crippen molar-refractivity contribution in [3.8, 4) is 0 Å². The Hall–Kier alpha value is -0.670. The summed E-state index contributed by atoms with van der Waals surface area (Å²) in [6, 6.07) is 8.23. The van der Waals surface area contributed by atoms with Crippen LogP contribution in [-0.4, -0.2) is 14.7 Å². The third-order valence-corrected chi connectivity index (χ3v) is 5.65. The number of hydrogen-bond donors (Lipinski definition) is 1. The molecule has 0 saturated carbocycles. The molecule has 1 aromatic carbocycles. The molecule has 0 radical (unpaired) electrons. The van der Waals surface area contributed by atoms with E-state index in [2.05, 4.69) is 25.1 Å². The molecule has 4 atom stereocenters. The number of rotatable bonds is 2. The Bertz CT molecular complexity index is 430. The van der Waals surface area contributed by atoms with Crippen LogP contribution in [0.2, 0.25) is 0 Å². The maximum Gasteiger partial charge on any atom is 0.0549 e. The van der Waals surface area contributed by atoms with Crippen LogP contribution in [0.15, 0.2) is 24.3 Å². The second kappa shape index (κ2) is 4.91. The molecule has 4 unspecified atom stereocenters. The zero-order chi connectivity index (χ0) is 12.6. The van der Waals surface area contributed by atoms with Gasteiger partial charge in [-0.25, -0.2) is 0 Å². The van der Waals surface area contributed by atoms with E-state index in [0.29, 0.717) is 5.92 Å². The number of benzene rings is 1. The minimum atomic E-state index is -0.841. The van der Waals surface area contributed by atoms with Gasteiger partial charge in [0, 0.05) is 22.1 Å². The molecular weight excluding hydrogens is 230 g/mol. The van der Waals surface area contributed by atoms with E-state index in [-0.39, 0.29) is 16.5 Å². The van der Waals surface area contributed by atoms with Crippen molar-refractivity contribution in [2.75, 3.05) is 0 Å². The molecule has 3 heteroatoms. The lowest BCUT2D eigenvalue weighted by Gasteiger charge is -2.35. The highest BCUT2D eigenvalue weighted by atomic mass is 32.2. The molecule has 2 N–H and O–H groups in total. The largest absolute Gasteiger partial charge is 0.323 e. The smallest absolute Gasteiger partial charge is 0.0549 e. The highest BCUT2D eigenvalue weighted by Gasteiger charge is 2.35. The van der Waals surface area contributed by atoms with Gasteiger partial charge in [-0.05, 0) is 23.5 Å². The summed E-state index contributed by atoms with van der Waals surface area (Å²) in [5.74, 6) is 0.457. The summed E-state index contributed by atoms with van der Waals surface area (Å²) < 4.78 is 12.3. The summed E-state index contributed by atoms with van der Waals surface area (Å²) in [4.78, 5) is 0. The minimum Gasteiger partial charge on any atom is -0.323 e. The average molecular weight is 251 g/mol. The number of fused-ring (bicyclic) bond motifs is 1. The van der Waals surface area contributed by atoms with Crippen molar-refractivity contribution < 1.29 is 4.21 Å². The molecule has 0 aromatic heterocycles. The van der Waals surface area contributed by atoms with E-state index in [4.69, 9.17) is 5.73 Å². The second-order valence-electron chi connectivity index (χ2n) is 5.21. The van der Waals surface area contributed by atoms with E-state index < -0.39 is 10.8 Å². The molecule has 0 saturated heterocycles. The van der Waals surface area contributed by atoms with E-state index in [0.717, 1.165) is 6.42 Å². The first-order valence-corrected chi connectivity index (χ1v) is 7.53. The third-order valence-electron chi connectivity index (χ3n) is 3.64. The van der Waals surface area contributed by atoms with Crippen molar-refractivity contribution in [2.24, 2.45) is 5.73 Å². The van der Waals surface area contributed by atoms with Crippen LogP contribution in [0.4, 0.5) is 0 Å². The van der Waals surface area contributed by atoms with E-state index in [1.165, 1.54) is 11.1 Å². The lowest BCUT2D eigenvalue weighted by Crippen LogP contribution is -2.38. The van der Waals surface area contributed by atoms with E-state index >= 15 is 0 Å². The van der Waals surface area contributed by atoms with Crippen LogP contribution in [0.5, 0.6) is 0 Å². The molecule has 0 heterocycles. The van der Waals surface area contributed by atoms with Gasteiger partial charge in [-0.3, -0.25) is 4.21 Å². The fourth-order valence-corrected chi connectivity index (χ4v) is 4.29. The molecule has 0 fully saturated rings. The highest BCUT2D eigenvalue weighted by Crippen LogP contribution is 2.38. The molecule has 2 rings (SSSR count). The van der Waals surface area contributed by atoms with E-state index in [1.807, 2.05) is 19.9 Å². The first-order valence-electron chi connectivity index (χ1n) is 6.26. The quantitative estimate of drug-likeness (QED) is 0.878. The average Bonchev–Trinajstić information content (AvgIpc) is 2.33. The van der Waals surface area contributed by atoms with Gasteiger partial charge >= 0.3 is 0 Å². The van der Waals surface area contributed by atoms with Gasteiger partial charge in [0.05, 0.1) is 5.25 Å². The fraction of sp³-hybridized carbons (Fsp3) is 0.571. The predicted octanol–water partition coefficient (Wildman–Crippen LogP) is 2.72. The number of nitrogens with two attached hydrogens (primary N) is 1. The van der Waals surface area contributed by atoms with E-state index in [9.17, 15) is 4.21 Å². The summed E-state index contributed by atoms with van der Waals surface area (Å²) >= 11 is 0. The van der Waals surface area contributed by atoms with Crippen LogP contribution in [0.1, 0.15) is 50.3 Å². The van der Waals surface area contributed by atoms with Crippen molar-refractivity contribution in [3.63, 3.8) is 0 Å². The van der Waals surface area contributed by atoms with Crippen molar-refractivity contribution in [1.29, 1.82) is 0 Å². The minimum absolute atomic E-state index is 0.0781. The molecule has 0 spiro atoms. The topological polar surface area (TPSA) is 43.1 Å². The summed E-state index contributed by atoms with van der Waals surface area (Å²) in [7, 11) is -0.841. The Morgan fingerprint density at radius 1 is 1.29 bits per heavy atom. The molecule has 0 bridgehead atoms. The summed E-state index contributed by atoms with van der Waals surface area (Å²) in [5.41, 5.74) is 8.81. The van der Waals surface area contributed by atoms with Crippen LogP contribution in [0, 0.1) is 0 Å². The predicted molar refractivity (Wildman–Crippen MR) is 73.5 cm³/mol. The Kier molecular flexibility index (Phi) is 3.69. The SMILES string of the molecule is CC1CC(S(=O)C(C)C)C(N)c2ccccc21.